The summed E-state index contributed by atoms with van der Waals surface area (Å²) in [5, 5.41) is 3.20. The normalized spacial score (nSPS) is 25.9. The fourth-order valence-electron chi connectivity index (χ4n) is 2.75. The molecule has 1 saturated heterocycles. The van der Waals surface area contributed by atoms with E-state index >= 15 is 0 Å². The lowest BCUT2D eigenvalue weighted by molar-refractivity contribution is -0.154. The Labute approximate surface area is 118 Å². The lowest BCUT2D eigenvalue weighted by Gasteiger charge is -2.33. The second kappa shape index (κ2) is 6.33. The lowest BCUT2D eigenvalue weighted by atomic mass is 10.0. The largest absolute Gasteiger partial charge is 0.391 e. The van der Waals surface area contributed by atoms with Crippen LogP contribution in [0.3, 0.4) is 0 Å². The number of halogens is 3. The Morgan fingerprint density at radius 1 is 1.20 bits per heavy atom. The molecule has 0 aromatic rings. The topological polar surface area (TPSA) is 32.3 Å². The molecule has 0 saturated carbocycles. The van der Waals surface area contributed by atoms with Gasteiger partial charge in [0.1, 0.15) is 0 Å². The van der Waals surface area contributed by atoms with Gasteiger partial charge in [-0.1, -0.05) is 27.7 Å². The van der Waals surface area contributed by atoms with Crippen molar-refractivity contribution >= 4 is 5.91 Å². The van der Waals surface area contributed by atoms with Gasteiger partial charge in [-0.05, 0) is 25.2 Å². The molecular formula is C14H25F3N2O. The number of nitrogens with one attached hydrogen (secondary N) is 1. The van der Waals surface area contributed by atoms with Crippen molar-refractivity contribution in [3.8, 4) is 0 Å². The fraction of sp³-hybridized carbons (Fsp3) is 0.929. The van der Waals surface area contributed by atoms with E-state index in [0.29, 0.717) is 12.3 Å². The van der Waals surface area contributed by atoms with Crippen molar-refractivity contribution in [3.63, 3.8) is 0 Å². The third kappa shape index (κ3) is 4.36. The van der Waals surface area contributed by atoms with Crippen LogP contribution in [-0.4, -0.2) is 35.2 Å². The standard InChI is InChI=1S/C14H25F3N2O/c1-8(2)6-11-13(20)19(12(18-11)9(3)4)10(5)7-14(15,16)17/h8-12,18H,6-7H2,1-5H3. The summed E-state index contributed by atoms with van der Waals surface area (Å²) < 4.78 is 37.7. The first-order chi connectivity index (χ1) is 9.03. The van der Waals surface area contributed by atoms with Crippen LogP contribution in [0.1, 0.15) is 47.5 Å². The first kappa shape index (κ1) is 17.3. The molecule has 0 aromatic heterocycles. The van der Waals surface area contributed by atoms with Crippen LogP contribution in [0.2, 0.25) is 0 Å². The van der Waals surface area contributed by atoms with Gasteiger partial charge in [-0.3, -0.25) is 10.1 Å². The molecule has 0 aromatic carbocycles. The predicted octanol–water partition coefficient (Wildman–Crippen LogP) is 3.16. The highest BCUT2D eigenvalue weighted by Gasteiger charge is 2.45. The van der Waals surface area contributed by atoms with Crippen molar-refractivity contribution in [1.29, 1.82) is 0 Å². The van der Waals surface area contributed by atoms with E-state index in [1.807, 2.05) is 27.7 Å². The zero-order valence-electron chi connectivity index (χ0n) is 12.8. The molecule has 20 heavy (non-hydrogen) atoms. The van der Waals surface area contributed by atoms with Crippen LogP contribution in [0, 0.1) is 11.8 Å². The van der Waals surface area contributed by atoms with Gasteiger partial charge in [0.05, 0.1) is 18.6 Å². The molecule has 6 heteroatoms. The summed E-state index contributed by atoms with van der Waals surface area (Å²) in [6.07, 6.45) is -4.88. The molecule has 1 amide bonds. The number of amides is 1. The minimum absolute atomic E-state index is 0.0757. The van der Waals surface area contributed by atoms with E-state index in [1.54, 1.807) is 0 Å². The lowest BCUT2D eigenvalue weighted by Crippen LogP contribution is -2.47. The third-order valence-corrected chi connectivity index (χ3v) is 3.56. The molecule has 118 valence electrons. The van der Waals surface area contributed by atoms with E-state index in [1.165, 1.54) is 11.8 Å². The maximum atomic E-state index is 12.6. The van der Waals surface area contributed by atoms with Gasteiger partial charge in [0.15, 0.2) is 0 Å². The molecule has 0 aliphatic carbocycles. The maximum absolute atomic E-state index is 12.6. The zero-order valence-corrected chi connectivity index (χ0v) is 12.8. The molecule has 1 heterocycles. The number of rotatable bonds is 5. The SMILES string of the molecule is CC(C)CC1NC(C(C)C)N(C(C)CC(F)(F)F)C1=O. The number of carbonyl (C=O) groups is 1. The van der Waals surface area contributed by atoms with Crippen LogP contribution in [0.5, 0.6) is 0 Å². The van der Waals surface area contributed by atoms with Crippen LogP contribution in [-0.2, 0) is 4.79 Å². The van der Waals surface area contributed by atoms with Crippen LogP contribution in [0.15, 0.2) is 0 Å². The van der Waals surface area contributed by atoms with Crippen molar-refractivity contribution in [2.45, 2.75) is 71.9 Å². The number of hydrogen-bond donors (Lipinski definition) is 1. The highest BCUT2D eigenvalue weighted by atomic mass is 19.4. The fourth-order valence-corrected chi connectivity index (χ4v) is 2.75. The Balaban J connectivity index is 2.87. The predicted molar refractivity (Wildman–Crippen MR) is 72.0 cm³/mol. The number of carbonyl (C=O) groups excluding carboxylic acids is 1. The van der Waals surface area contributed by atoms with E-state index in [0.717, 1.165) is 0 Å². The second-order valence-corrected chi connectivity index (χ2v) is 6.45. The van der Waals surface area contributed by atoms with Gasteiger partial charge in [0.25, 0.3) is 0 Å². The maximum Gasteiger partial charge on any atom is 0.391 e. The number of hydrogen-bond acceptors (Lipinski definition) is 2. The number of alkyl halides is 3. The highest BCUT2D eigenvalue weighted by molar-refractivity contribution is 5.84. The molecule has 1 N–H and O–H groups in total. The molecule has 0 bridgehead atoms. The summed E-state index contributed by atoms with van der Waals surface area (Å²) in [7, 11) is 0. The minimum atomic E-state index is -4.25. The van der Waals surface area contributed by atoms with E-state index in [9.17, 15) is 18.0 Å². The van der Waals surface area contributed by atoms with Crippen molar-refractivity contribution < 1.29 is 18.0 Å². The molecule has 3 nitrogen and oxygen atoms in total. The molecule has 0 spiro atoms. The van der Waals surface area contributed by atoms with E-state index in [4.69, 9.17) is 0 Å². The molecule has 1 fully saturated rings. The van der Waals surface area contributed by atoms with Gasteiger partial charge in [-0.15, -0.1) is 0 Å². The Hall–Kier alpha value is -0.780. The van der Waals surface area contributed by atoms with Crippen molar-refractivity contribution in [1.82, 2.24) is 10.2 Å². The first-order valence-corrected chi connectivity index (χ1v) is 7.18. The number of nitrogens with zero attached hydrogens (tertiary/aromatic N) is 1. The van der Waals surface area contributed by atoms with Crippen LogP contribution < -0.4 is 5.32 Å². The monoisotopic (exact) mass is 294 g/mol. The Morgan fingerprint density at radius 2 is 1.75 bits per heavy atom. The second-order valence-electron chi connectivity index (χ2n) is 6.45. The van der Waals surface area contributed by atoms with Crippen LogP contribution in [0.25, 0.3) is 0 Å². The molecule has 0 radical (unpaired) electrons. The van der Waals surface area contributed by atoms with E-state index < -0.39 is 18.6 Å². The van der Waals surface area contributed by atoms with Gasteiger partial charge in [0, 0.05) is 6.04 Å². The average Bonchev–Trinajstić information content (AvgIpc) is 2.53. The Bertz CT molecular complexity index is 342. The molecule has 3 atom stereocenters. The molecule has 3 unspecified atom stereocenters. The quantitative estimate of drug-likeness (QED) is 0.845. The van der Waals surface area contributed by atoms with E-state index in [2.05, 4.69) is 5.32 Å². The van der Waals surface area contributed by atoms with Crippen LogP contribution >= 0.6 is 0 Å². The van der Waals surface area contributed by atoms with Crippen molar-refractivity contribution in [2.75, 3.05) is 0 Å². The summed E-state index contributed by atoms with van der Waals surface area (Å²) in [5.74, 6) is 0.197. The summed E-state index contributed by atoms with van der Waals surface area (Å²) in [5.41, 5.74) is 0. The summed E-state index contributed by atoms with van der Waals surface area (Å²) >= 11 is 0. The van der Waals surface area contributed by atoms with Gasteiger partial charge >= 0.3 is 6.18 Å². The van der Waals surface area contributed by atoms with Crippen LogP contribution in [0.4, 0.5) is 13.2 Å². The summed E-state index contributed by atoms with van der Waals surface area (Å²) in [4.78, 5) is 13.8. The molecule has 1 rings (SSSR count). The smallest absolute Gasteiger partial charge is 0.322 e. The van der Waals surface area contributed by atoms with Crippen molar-refractivity contribution in [3.05, 3.63) is 0 Å². The van der Waals surface area contributed by atoms with Gasteiger partial charge < -0.3 is 4.90 Å². The third-order valence-electron chi connectivity index (χ3n) is 3.56. The molecule has 1 aliphatic heterocycles. The highest BCUT2D eigenvalue weighted by Crippen LogP contribution is 2.29. The van der Waals surface area contributed by atoms with Crippen molar-refractivity contribution in [2.24, 2.45) is 11.8 Å². The van der Waals surface area contributed by atoms with Gasteiger partial charge in [-0.25, -0.2) is 0 Å². The zero-order chi connectivity index (χ0) is 15.7. The van der Waals surface area contributed by atoms with Gasteiger partial charge in [-0.2, -0.15) is 13.2 Å². The molecule has 1 aliphatic rings. The van der Waals surface area contributed by atoms with E-state index in [-0.39, 0.29) is 24.0 Å². The summed E-state index contributed by atoms with van der Waals surface area (Å²) in [6.45, 7) is 9.30. The Morgan fingerprint density at radius 3 is 2.15 bits per heavy atom. The Kier molecular flexibility index (Phi) is 5.46. The molecular weight excluding hydrogens is 269 g/mol. The first-order valence-electron chi connectivity index (χ1n) is 7.18. The average molecular weight is 294 g/mol. The minimum Gasteiger partial charge on any atom is -0.322 e. The summed E-state index contributed by atoms with van der Waals surface area (Å²) in [6, 6.07) is -1.20. The van der Waals surface area contributed by atoms with Gasteiger partial charge in [0.2, 0.25) is 5.91 Å².